The molecule has 0 aromatic heterocycles. The van der Waals surface area contributed by atoms with Crippen molar-refractivity contribution in [3.8, 4) is 0 Å². The Labute approximate surface area is 167 Å². The average molecular weight is 380 g/mol. The van der Waals surface area contributed by atoms with E-state index < -0.39 is 0 Å². The summed E-state index contributed by atoms with van der Waals surface area (Å²) in [7, 11) is 0. The summed E-state index contributed by atoms with van der Waals surface area (Å²) in [6.45, 7) is 5.20. The van der Waals surface area contributed by atoms with E-state index >= 15 is 0 Å². The van der Waals surface area contributed by atoms with Gasteiger partial charge in [-0.1, -0.05) is 48.9 Å². The number of nitrogens with one attached hydrogen (secondary N) is 1. The predicted molar refractivity (Wildman–Crippen MR) is 111 cm³/mol. The third kappa shape index (κ3) is 5.12. The number of carbonyl (C=O) groups is 1. The Hall–Kier alpha value is -2.37. The SMILES string of the molecule is O=C(Nc1cccc(CN2CCCCC2)c1)N1CC(OCc2ccccc2)C1. The number of hydrogen-bond acceptors (Lipinski definition) is 3. The molecule has 2 amide bonds. The number of anilines is 1. The van der Waals surface area contributed by atoms with Crippen LogP contribution >= 0.6 is 0 Å². The summed E-state index contributed by atoms with van der Waals surface area (Å²) in [4.78, 5) is 16.8. The molecule has 148 valence electrons. The zero-order valence-corrected chi connectivity index (χ0v) is 16.3. The number of benzene rings is 2. The first-order valence-electron chi connectivity index (χ1n) is 10.3. The Bertz CT molecular complexity index is 768. The lowest BCUT2D eigenvalue weighted by Gasteiger charge is -2.38. The molecule has 2 fully saturated rings. The lowest BCUT2D eigenvalue weighted by Crippen LogP contribution is -2.56. The minimum absolute atomic E-state index is 0.0466. The van der Waals surface area contributed by atoms with E-state index in [2.05, 4.69) is 34.5 Å². The first-order valence-corrected chi connectivity index (χ1v) is 10.3. The van der Waals surface area contributed by atoms with Crippen LogP contribution in [0, 0.1) is 0 Å². The number of likely N-dealkylation sites (tertiary alicyclic amines) is 2. The molecule has 2 aromatic rings. The fourth-order valence-corrected chi connectivity index (χ4v) is 3.82. The molecule has 0 unspecified atom stereocenters. The van der Waals surface area contributed by atoms with Gasteiger partial charge in [0.05, 0.1) is 25.8 Å². The fraction of sp³-hybridized carbons (Fsp3) is 0.435. The van der Waals surface area contributed by atoms with E-state index in [4.69, 9.17) is 4.74 Å². The normalized spacial score (nSPS) is 17.9. The Kier molecular flexibility index (Phi) is 6.24. The average Bonchev–Trinajstić information content (AvgIpc) is 2.68. The van der Waals surface area contributed by atoms with Crippen LogP contribution in [0.2, 0.25) is 0 Å². The molecular formula is C23H29N3O2. The minimum Gasteiger partial charge on any atom is -0.370 e. The van der Waals surface area contributed by atoms with Crippen LogP contribution in [-0.2, 0) is 17.9 Å². The Morgan fingerprint density at radius 2 is 1.71 bits per heavy atom. The standard InChI is InChI=1S/C23H29N3O2/c27-23(26-16-22(17-26)28-18-19-8-3-1-4-9-19)24-21-11-7-10-20(14-21)15-25-12-5-2-6-13-25/h1,3-4,7-11,14,22H,2,5-6,12-13,15-18H2,(H,24,27). The van der Waals surface area contributed by atoms with Crippen molar-refractivity contribution in [2.45, 2.75) is 38.5 Å². The molecule has 2 aromatic carbocycles. The molecule has 2 aliphatic rings. The van der Waals surface area contributed by atoms with Crippen molar-refractivity contribution in [3.05, 3.63) is 65.7 Å². The van der Waals surface area contributed by atoms with Crippen LogP contribution in [0.1, 0.15) is 30.4 Å². The van der Waals surface area contributed by atoms with E-state index in [1.807, 2.05) is 30.3 Å². The second-order valence-electron chi connectivity index (χ2n) is 7.79. The summed E-state index contributed by atoms with van der Waals surface area (Å²) in [6, 6.07) is 18.3. The zero-order valence-electron chi connectivity index (χ0n) is 16.3. The van der Waals surface area contributed by atoms with Crippen LogP contribution in [0.4, 0.5) is 10.5 Å². The molecule has 5 nitrogen and oxygen atoms in total. The molecule has 1 N–H and O–H groups in total. The van der Waals surface area contributed by atoms with E-state index in [1.165, 1.54) is 37.9 Å². The van der Waals surface area contributed by atoms with Crippen LogP contribution in [-0.4, -0.2) is 48.1 Å². The van der Waals surface area contributed by atoms with E-state index in [0.717, 1.165) is 17.8 Å². The molecule has 2 saturated heterocycles. The summed E-state index contributed by atoms with van der Waals surface area (Å²) in [6.07, 6.45) is 4.05. The first kappa shape index (κ1) is 19.0. The van der Waals surface area contributed by atoms with Gasteiger partial charge in [0.2, 0.25) is 0 Å². The maximum atomic E-state index is 12.5. The van der Waals surface area contributed by atoms with Crippen LogP contribution in [0.15, 0.2) is 54.6 Å². The quantitative estimate of drug-likeness (QED) is 0.822. The number of rotatable bonds is 6. The van der Waals surface area contributed by atoms with Crippen molar-refractivity contribution >= 4 is 11.7 Å². The third-order valence-corrected chi connectivity index (χ3v) is 5.50. The molecule has 2 aliphatic heterocycles. The number of amides is 2. The molecule has 5 heteroatoms. The van der Waals surface area contributed by atoms with Gasteiger partial charge in [-0.15, -0.1) is 0 Å². The molecular weight excluding hydrogens is 350 g/mol. The van der Waals surface area contributed by atoms with Crippen molar-refractivity contribution in [1.82, 2.24) is 9.80 Å². The highest BCUT2D eigenvalue weighted by Gasteiger charge is 2.31. The summed E-state index contributed by atoms with van der Waals surface area (Å²) in [5.74, 6) is 0. The Morgan fingerprint density at radius 1 is 0.964 bits per heavy atom. The Balaban J connectivity index is 1.21. The molecule has 0 radical (unpaired) electrons. The maximum Gasteiger partial charge on any atom is 0.322 e. The molecule has 0 saturated carbocycles. The minimum atomic E-state index is -0.0466. The Morgan fingerprint density at radius 3 is 2.50 bits per heavy atom. The lowest BCUT2D eigenvalue weighted by molar-refractivity contribution is -0.0420. The van der Waals surface area contributed by atoms with Crippen molar-refractivity contribution in [1.29, 1.82) is 0 Å². The number of hydrogen-bond donors (Lipinski definition) is 1. The summed E-state index contributed by atoms with van der Waals surface area (Å²) >= 11 is 0. The number of ether oxygens (including phenoxy) is 1. The summed E-state index contributed by atoms with van der Waals surface area (Å²) in [5, 5.41) is 3.03. The van der Waals surface area contributed by atoms with Crippen molar-refractivity contribution in [2.24, 2.45) is 0 Å². The molecule has 2 heterocycles. The highest BCUT2D eigenvalue weighted by Crippen LogP contribution is 2.19. The molecule has 0 spiro atoms. The van der Waals surface area contributed by atoms with Gasteiger partial charge in [0, 0.05) is 12.2 Å². The molecule has 4 rings (SSSR count). The van der Waals surface area contributed by atoms with E-state index in [0.29, 0.717) is 19.7 Å². The van der Waals surface area contributed by atoms with Gasteiger partial charge in [-0.25, -0.2) is 4.79 Å². The van der Waals surface area contributed by atoms with Crippen LogP contribution in [0.3, 0.4) is 0 Å². The highest BCUT2D eigenvalue weighted by molar-refractivity contribution is 5.90. The smallest absolute Gasteiger partial charge is 0.322 e. The largest absolute Gasteiger partial charge is 0.370 e. The van der Waals surface area contributed by atoms with E-state index in [1.54, 1.807) is 4.90 Å². The van der Waals surface area contributed by atoms with Crippen molar-refractivity contribution in [3.63, 3.8) is 0 Å². The van der Waals surface area contributed by atoms with Crippen LogP contribution < -0.4 is 5.32 Å². The van der Waals surface area contributed by atoms with Gasteiger partial charge in [-0.2, -0.15) is 0 Å². The summed E-state index contributed by atoms with van der Waals surface area (Å²) < 4.78 is 5.87. The second kappa shape index (κ2) is 9.22. The number of piperidine rings is 1. The van der Waals surface area contributed by atoms with Gasteiger partial charge in [0.15, 0.2) is 0 Å². The van der Waals surface area contributed by atoms with E-state index in [9.17, 15) is 4.79 Å². The molecule has 28 heavy (non-hydrogen) atoms. The monoisotopic (exact) mass is 379 g/mol. The van der Waals surface area contributed by atoms with Gasteiger partial charge in [-0.05, 0) is 49.2 Å². The molecule has 0 aliphatic carbocycles. The lowest BCUT2D eigenvalue weighted by atomic mass is 10.1. The molecule has 0 bridgehead atoms. The second-order valence-corrected chi connectivity index (χ2v) is 7.79. The van der Waals surface area contributed by atoms with Crippen LogP contribution in [0.25, 0.3) is 0 Å². The van der Waals surface area contributed by atoms with Crippen LogP contribution in [0.5, 0.6) is 0 Å². The van der Waals surface area contributed by atoms with Crippen molar-refractivity contribution < 1.29 is 9.53 Å². The van der Waals surface area contributed by atoms with Gasteiger partial charge >= 0.3 is 6.03 Å². The van der Waals surface area contributed by atoms with Gasteiger partial charge in [0.25, 0.3) is 0 Å². The van der Waals surface area contributed by atoms with Gasteiger partial charge in [0.1, 0.15) is 0 Å². The molecule has 0 atom stereocenters. The predicted octanol–water partition coefficient (Wildman–Crippen LogP) is 4.11. The number of nitrogens with zero attached hydrogens (tertiary/aromatic N) is 2. The fourth-order valence-electron chi connectivity index (χ4n) is 3.82. The number of urea groups is 1. The first-order chi connectivity index (χ1) is 13.8. The van der Waals surface area contributed by atoms with Gasteiger partial charge in [-0.3, -0.25) is 4.90 Å². The maximum absolute atomic E-state index is 12.5. The zero-order chi connectivity index (χ0) is 19.2. The van der Waals surface area contributed by atoms with Gasteiger partial charge < -0.3 is 15.0 Å². The number of carbonyl (C=O) groups excluding carboxylic acids is 1. The van der Waals surface area contributed by atoms with Crippen molar-refractivity contribution in [2.75, 3.05) is 31.5 Å². The highest BCUT2D eigenvalue weighted by atomic mass is 16.5. The third-order valence-electron chi connectivity index (χ3n) is 5.50. The topological polar surface area (TPSA) is 44.8 Å². The van der Waals surface area contributed by atoms with E-state index in [-0.39, 0.29) is 12.1 Å². The summed E-state index contributed by atoms with van der Waals surface area (Å²) in [5.41, 5.74) is 3.29.